The molecule has 0 aromatic rings. The molecule has 0 radical (unpaired) electrons. The van der Waals surface area contributed by atoms with Crippen molar-refractivity contribution in [3.63, 3.8) is 0 Å². The van der Waals surface area contributed by atoms with Crippen molar-refractivity contribution in [2.24, 2.45) is 59.2 Å². The highest BCUT2D eigenvalue weighted by molar-refractivity contribution is 5.80. The zero-order valence-corrected chi connectivity index (χ0v) is 27.0. The number of carboxylic acid groups (broad SMARTS) is 2. The lowest BCUT2D eigenvalue weighted by molar-refractivity contribution is -0.158. The van der Waals surface area contributed by atoms with Gasteiger partial charge in [0.05, 0.1) is 61.2 Å². The molecule has 0 aromatic heterocycles. The standard InChI is InChI=1S/C34H56N8O4/c43-33(44)23-13-21-22(14-24(23)34(45)46)32-41-30-20-12-6-4-10-18(20)28(39-30)37-26-16-8-2-1-7-15(16)25(35-26)36-27-17-9-3-5-11-19(17)29(38-27)40-31(21)42-32/h15-32,35-42H,1-14H2,(H,43,44)(H,45,46). The van der Waals surface area contributed by atoms with Gasteiger partial charge in [-0.05, 0) is 98.7 Å². The number of nitrogens with one attached hydrogen (secondary N) is 8. The van der Waals surface area contributed by atoms with Crippen LogP contribution in [0.1, 0.15) is 89.9 Å². The van der Waals surface area contributed by atoms with Crippen LogP contribution in [-0.2, 0) is 9.59 Å². The van der Waals surface area contributed by atoms with Gasteiger partial charge in [0, 0.05) is 0 Å². The Morgan fingerprint density at radius 3 is 0.739 bits per heavy atom. The van der Waals surface area contributed by atoms with Crippen LogP contribution in [-0.4, -0.2) is 71.5 Å². The molecule has 9 aliphatic rings. The minimum atomic E-state index is -0.977. The molecule has 0 amide bonds. The van der Waals surface area contributed by atoms with Crippen molar-refractivity contribution in [3.8, 4) is 0 Å². The lowest BCUT2D eigenvalue weighted by Gasteiger charge is -2.39. The summed E-state index contributed by atoms with van der Waals surface area (Å²) in [6.45, 7) is 0. The van der Waals surface area contributed by atoms with Gasteiger partial charge in [0.2, 0.25) is 0 Å². The van der Waals surface area contributed by atoms with Crippen LogP contribution in [0.4, 0.5) is 0 Å². The predicted molar refractivity (Wildman–Crippen MR) is 170 cm³/mol. The minimum Gasteiger partial charge on any atom is -0.481 e. The molecule has 5 heterocycles. The quantitative estimate of drug-likeness (QED) is 0.210. The summed E-state index contributed by atoms with van der Waals surface area (Å²) in [5.74, 6) is -0.205. The Bertz CT molecular complexity index is 1090. The monoisotopic (exact) mass is 640 g/mol. The molecule has 18 atom stereocenters. The number of aliphatic carboxylic acids is 2. The number of fused-ring (bicyclic) bond motifs is 20. The number of hydrogen-bond donors (Lipinski definition) is 10. The normalized spacial score (nSPS) is 54.7. The van der Waals surface area contributed by atoms with E-state index in [1.165, 1.54) is 77.0 Å². The summed E-state index contributed by atoms with van der Waals surface area (Å²) in [5, 5.41) is 52.8. The summed E-state index contributed by atoms with van der Waals surface area (Å²) in [6.07, 6.45) is 17.0. The lowest BCUT2D eigenvalue weighted by atomic mass is 9.67. The molecular weight excluding hydrogens is 584 g/mol. The highest BCUT2D eigenvalue weighted by Crippen LogP contribution is 2.47. The molecule has 256 valence electrons. The predicted octanol–water partition coefficient (Wildman–Crippen LogP) is 1.23. The second-order valence-corrected chi connectivity index (χ2v) is 16.7. The molecule has 12 nitrogen and oxygen atoms in total. The third kappa shape index (κ3) is 5.16. The van der Waals surface area contributed by atoms with E-state index in [1.54, 1.807) is 0 Å². The summed E-state index contributed by atoms with van der Waals surface area (Å²) in [6, 6.07) is 0. The summed E-state index contributed by atoms with van der Waals surface area (Å²) in [5.41, 5.74) is 0. The molecule has 46 heavy (non-hydrogen) atoms. The Balaban J connectivity index is 1.06. The van der Waals surface area contributed by atoms with Crippen molar-refractivity contribution in [1.82, 2.24) is 42.5 Å². The fourth-order valence-corrected chi connectivity index (χ4v) is 12.5. The molecule has 5 aliphatic heterocycles. The minimum absolute atomic E-state index is 0.0406. The van der Waals surface area contributed by atoms with E-state index in [0.29, 0.717) is 48.3 Å². The van der Waals surface area contributed by atoms with Gasteiger partial charge in [0.15, 0.2) is 0 Å². The highest BCUT2D eigenvalue weighted by Gasteiger charge is 2.57. The van der Waals surface area contributed by atoms with Crippen LogP contribution in [0.25, 0.3) is 0 Å². The molecular formula is C34H56N8O4. The van der Waals surface area contributed by atoms with Crippen molar-refractivity contribution in [2.45, 2.75) is 139 Å². The number of hydrogen-bond acceptors (Lipinski definition) is 10. The first-order valence-electron chi connectivity index (χ1n) is 19.0. The van der Waals surface area contributed by atoms with E-state index in [4.69, 9.17) is 0 Å². The zero-order valence-electron chi connectivity index (χ0n) is 27.0. The van der Waals surface area contributed by atoms with Crippen LogP contribution in [0, 0.1) is 59.2 Å². The Labute approximate surface area is 272 Å². The van der Waals surface area contributed by atoms with Gasteiger partial charge in [-0.2, -0.15) is 0 Å². The molecule has 9 fully saturated rings. The van der Waals surface area contributed by atoms with Crippen LogP contribution >= 0.6 is 0 Å². The molecule has 4 saturated carbocycles. The van der Waals surface area contributed by atoms with Crippen molar-refractivity contribution in [2.75, 3.05) is 0 Å². The number of carboxylic acids is 2. The third-order valence-electron chi connectivity index (χ3n) is 14.6. The second kappa shape index (κ2) is 12.2. The molecule has 18 unspecified atom stereocenters. The SMILES string of the molecule is O=C(O)C1CC2C3NC4NC(NC5NC(NC6NC(NC(N3)C2CC1C(=O)O)C1CCCCC61)C1CCCCC51)C1CCCCC41. The van der Waals surface area contributed by atoms with Crippen LogP contribution in [0.5, 0.6) is 0 Å². The first kappa shape index (κ1) is 30.7. The van der Waals surface area contributed by atoms with E-state index in [2.05, 4.69) is 42.5 Å². The van der Waals surface area contributed by atoms with Gasteiger partial charge in [-0.15, -0.1) is 0 Å². The largest absolute Gasteiger partial charge is 0.481 e. The van der Waals surface area contributed by atoms with Crippen LogP contribution < -0.4 is 42.5 Å². The van der Waals surface area contributed by atoms with Gasteiger partial charge < -0.3 is 10.2 Å². The molecule has 0 spiro atoms. The molecule has 9 rings (SSSR count). The third-order valence-corrected chi connectivity index (χ3v) is 14.6. The van der Waals surface area contributed by atoms with Crippen LogP contribution in [0.15, 0.2) is 0 Å². The van der Waals surface area contributed by atoms with Gasteiger partial charge in [0.25, 0.3) is 0 Å². The first-order chi connectivity index (χ1) is 22.4. The molecule has 4 aliphatic carbocycles. The van der Waals surface area contributed by atoms with E-state index in [9.17, 15) is 19.8 Å². The Hall–Kier alpha value is -1.38. The van der Waals surface area contributed by atoms with Gasteiger partial charge >= 0.3 is 11.9 Å². The highest BCUT2D eigenvalue weighted by atomic mass is 16.4. The first-order valence-corrected chi connectivity index (χ1v) is 19.0. The fourth-order valence-electron chi connectivity index (χ4n) is 12.5. The van der Waals surface area contributed by atoms with E-state index < -0.39 is 23.8 Å². The molecule has 0 aromatic carbocycles. The zero-order chi connectivity index (χ0) is 31.1. The van der Waals surface area contributed by atoms with Gasteiger partial charge in [-0.3, -0.25) is 52.1 Å². The summed E-state index contributed by atoms with van der Waals surface area (Å²) in [4.78, 5) is 24.8. The van der Waals surface area contributed by atoms with E-state index in [0.717, 1.165) is 0 Å². The lowest BCUT2D eigenvalue weighted by Crippen LogP contribution is -2.61. The summed E-state index contributed by atoms with van der Waals surface area (Å²) < 4.78 is 0. The van der Waals surface area contributed by atoms with Crippen molar-refractivity contribution >= 4 is 11.9 Å². The fraction of sp³-hybridized carbons (Fsp3) is 0.941. The second-order valence-electron chi connectivity index (χ2n) is 16.7. The molecule has 8 bridgehead atoms. The van der Waals surface area contributed by atoms with E-state index in [1.807, 2.05) is 0 Å². The smallest absolute Gasteiger partial charge is 0.307 e. The summed E-state index contributed by atoms with van der Waals surface area (Å²) in [7, 11) is 0. The average molecular weight is 641 g/mol. The van der Waals surface area contributed by atoms with Crippen LogP contribution in [0.3, 0.4) is 0 Å². The van der Waals surface area contributed by atoms with Gasteiger partial charge in [-0.1, -0.05) is 38.5 Å². The van der Waals surface area contributed by atoms with Gasteiger partial charge in [-0.25, -0.2) is 0 Å². The molecule has 5 saturated heterocycles. The van der Waals surface area contributed by atoms with Crippen molar-refractivity contribution < 1.29 is 19.8 Å². The maximum Gasteiger partial charge on any atom is 0.307 e. The number of rotatable bonds is 2. The number of carbonyl (C=O) groups is 2. The molecule has 12 heteroatoms. The molecule has 10 N–H and O–H groups in total. The van der Waals surface area contributed by atoms with Gasteiger partial charge in [0.1, 0.15) is 0 Å². The maximum atomic E-state index is 12.4. The van der Waals surface area contributed by atoms with E-state index >= 15 is 0 Å². The average Bonchev–Trinajstić information content (AvgIpc) is 3.79. The Morgan fingerprint density at radius 1 is 0.348 bits per heavy atom. The van der Waals surface area contributed by atoms with Crippen molar-refractivity contribution in [1.29, 1.82) is 0 Å². The Kier molecular flexibility index (Phi) is 8.13. The van der Waals surface area contributed by atoms with E-state index in [-0.39, 0.29) is 61.2 Å². The van der Waals surface area contributed by atoms with Crippen LogP contribution in [0.2, 0.25) is 0 Å². The van der Waals surface area contributed by atoms with Crippen molar-refractivity contribution in [3.05, 3.63) is 0 Å². The maximum absolute atomic E-state index is 12.4. The topological polar surface area (TPSA) is 171 Å². The Morgan fingerprint density at radius 2 is 0.543 bits per heavy atom. The summed E-state index contributed by atoms with van der Waals surface area (Å²) >= 11 is 0.